The minimum Gasteiger partial charge on any atom is -0.461 e. The predicted molar refractivity (Wildman–Crippen MR) is 45.1 cm³/mol. The topological polar surface area (TPSA) is 30.2 Å². The van der Waals surface area contributed by atoms with Crippen molar-refractivity contribution in [2.24, 2.45) is 5.41 Å². The summed E-state index contributed by atoms with van der Waals surface area (Å²) in [5, 5.41) is 0. The van der Waals surface area contributed by atoms with Gasteiger partial charge in [-0.25, -0.2) is 0 Å². The molecule has 1 aliphatic rings. The van der Waals surface area contributed by atoms with Crippen LogP contribution in [0.3, 0.4) is 0 Å². The van der Waals surface area contributed by atoms with Crippen molar-refractivity contribution in [2.75, 3.05) is 0 Å². The van der Waals surface area contributed by atoms with Crippen molar-refractivity contribution < 1.29 is 9.21 Å². The van der Waals surface area contributed by atoms with Gasteiger partial charge in [-0.2, -0.15) is 0 Å². The number of hydrogen-bond donors (Lipinski definition) is 0. The van der Waals surface area contributed by atoms with Crippen LogP contribution in [0, 0.1) is 5.41 Å². The monoisotopic (exact) mass is 164 g/mol. The van der Waals surface area contributed by atoms with E-state index in [1.807, 2.05) is 19.9 Å². The first-order valence-corrected chi connectivity index (χ1v) is 4.22. The summed E-state index contributed by atoms with van der Waals surface area (Å²) >= 11 is 0. The van der Waals surface area contributed by atoms with E-state index in [9.17, 15) is 4.79 Å². The standard InChI is InChI=1S/C10H12O2/c1-10(2)5-3-7-4-6-12-8(7)9(10)11/h4,6H,3,5H2,1-2H3. The summed E-state index contributed by atoms with van der Waals surface area (Å²) in [6.07, 6.45) is 3.49. The molecule has 2 heteroatoms. The molecule has 0 amide bonds. The molecule has 64 valence electrons. The Morgan fingerprint density at radius 1 is 1.50 bits per heavy atom. The molecule has 0 atom stereocenters. The molecule has 1 aromatic rings. The van der Waals surface area contributed by atoms with Crippen LogP contribution in [-0.2, 0) is 6.42 Å². The van der Waals surface area contributed by atoms with Gasteiger partial charge in [-0.3, -0.25) is 4.79 Å². The Balaban J connectivity index is 2.49. The predicted octanol–water partition coefficient (Wildman–Crippen LogP) is 2.43. The molecular weight excluding hydrogens is 152 g/mol. The number of hydrogen-bond acceptors (Lipinski definition) is 2. The van der Waals surface area contributed by atoms with Gasteiger partial charge in [-0.1, -0.05) is 13.8 Å². The Hall–Kier alpha value is -1.05. The lowest BCUT2D eigenvalue weighted by Crippen LogP contribution is -2.29. The van der Waals surface area contributed by atoms with Crippen LogP contribution in [-0.4, -0.2) is 5.78 Å². The molecule has 0 aromatic carbocycles. The lowest BCUT2D eigenvalue weighted by Gasteiger charge is -2.26. The van der Waals surface area contributed by atoms with Crippen molar-refractivity contribution in [2.45, 2.75) is 26.7 Å². The Morgan fingerprint density at radius 2 is 2.25 bits per heavy atom. The molecule has 2 rings (SSSR count). The largest absolute Gasteiger partial charge is 0.461 e. The minimum atomic E-state index is -0.231. The van der Waals surface area contributed by atoms with E-state index in [2.05, 4.69) is 0 Å². The van der Waals surface area contributed by atoms with Crippen LogP contribution in [0.4, 0.5) is 0 Å². The highest BCUT2D eigenvalue weighted by Crippen LogP contribution is 2.34. The molecule has 0 saturated heterocycles. The van der Waals surface area contributed by atoms with Gasteiger partial charge in [0.05, 0.1) is 6.26 Å². The summed E-state index contributed by atoms with van der Waals surface area (Å²) in [5.74, 6) is 0.722. The maximum atomic E-state index is 11.7. The first-order valence-electron chi connectivity index (χ1n) is 4.22. The third kappa shape index (κ3) is 0.909. The van der Waals surface area contributed by atoms with Crippen LogP contribution < -0.4 is 0 Å². The number of fused-ring (bicyclic) bond motifs is 1. The summed E-state index contributed by atoms with van der Waals surface area (Å²) in [6, 6.07) is 1.89. The highest BCUT2D eigenvalue weighted by atomic mass is 16.3. The zero-order chi connectivity index (χ0) is 8.77. The molecule has 0 N–H and O–H groups in total. The van der Waals surface area contributed by atoms with Gasteiger partial charge in [0.15, 0.2) is 5.76 Å². The average molecular weight is 164 g/mol. The van der Waals surface area contributed by atoms with Crippen molar-refractivity contribution in [1.82, 2.24) is 0 Å². The molecular formula is C10H12O2. The molecule has 0 fully saturated rings. The Morgan fingerprint density at radius 3 is 3.00 bits per heavy atom. The molecule has 2 nitrogen and oxygen atoms in total. The minimum absolute atomic E-state index is 0.147. The summed E-state index contributed by atoms with van der Waals surface area (Å²) in [4.78, 5) is 11.7. The van der Waals surface area contributed by atoms with Crippen LogP contribution in [0.2, 0.25) is 0 Å². The second-order valence-electron chi connectivity index (χ2n) is 3.99. The Labute approximate surface area is 71.6 Å². The van der Waals surface area contributed by atoms with Gasteiger partial charge in [0.2, 0.25) is 5.78 Å². The number of furan rings is 1. The van der Waals surface area contributed by atoms with E-state index >= 15 is 0 Å². The summed E-state index contributed by atoms with van der Waals surface area (Å²) < 4.78 is 5.15. The smallest absolute Gasteiger partial charge is 0.203 e. The van der Waals surface area contributed by atoms with Crippen molar-refractivity contribution in [3.8, 4) is 0 Å². The van der Waals surface area contributed by atoms with Gasteiger partial charge < -0.3 is 4.42 Å². The SMILES string of the molecule is CC1(C)CCc2ccoc2C1=O. The van der Waals surface area contributed by atoms with Crippen LogP contribution in [0.25, 0.3) is 0 Å². The maximum absolute atomic E-state index is 11.7. The lowest BCUT2D eigenvalue weighted by atomic mass is 9.76. The number of rotatable bonds is 0. The van der Waals surface area contributed by atoms with Crippen LogP contribution in [0.5, 0.6) is 0 Å². The normalized spacial score (nSPS) is 20.7. The molecule has 1 heterocycles. The van der Waals surface area contributed by atoms with Crippen molar-refractivity contribution in [3.05, 3.63) is 23.7 Å². The lowest BCUT2D eigenvalue weighted by molar-refractivity contribution is 0.0777. The van der Waals surface area contributed by atoms with Crippen molar-refractivity contribution >= 4 is 5.78 Å². The first kappa shape index (κ1) is 7.59. The second-order valence-corrected chi connectivity index (χ2v) is 3.99. The molecule has 0 aliphatic heterocycles. The van der Waals surface area contributed by atoms with Crippen molar-refractivity contribution in [3.63, 3.8) is 0 Å². The van der Waals surface area contributed by atoms with E-state index in [0.717, 1.165) is 18.4 Å². The van der Waals surface area contributed by atoms with Crippen LogP contribution in [0.15, 0.2) is 16.7 Å². The molecule has 0 saturated carbocycles. The van der Waals surface area contributed by atoms with E-state index in [0.29, 0.717) is 5.76 Å². The molecule has 0 spiro atoms. The van der Waals surface area contributed by atoms with E-state index in [-0.39, 0.29) is 11.2 Å². The molecule has 1 aliphatic carbocycles. The molecule has 12 heavy (non-hydrogen) atoms. The van der Waals surface area contributed by atoms with E-state index < -0.39 is 0 Å². The van der Waals surface area contributed by atoms with Gasteiger partial charge in [0, 0.05) is 11.0 Å². The van der Waals surface area contributed by atoms with Gasteiger partial charge in [0.25, 0.3) is 0 Å². The summed E-state index contributed by atoms with van der Waals surface area (Å²) in [6.45, 7) is 3.95. The Kier molecular flexibility index (Phi) is 1.40. The second kappa shape index (κ2) is 2.22. The maximum Gasteiger partial charge on any atom is 0.203 e. The molecule has 0 radical (unpaired) electrons. The number of ketones is 1. The summed E-state index contributed by atoms with van der Waals surface area (Å²) in [5.41, 5.74) is 0.838. The highest BCUT2D eigenvalue weighted by molar-refractivity contribution is 5.99. The molecule has 0 unspecified atom stereocenters. The fraction of sp³-hybridized carbons (Fsp3) is 0.500. The number of carbonyl (C=O) groups excluding carboxylic acids is 1. The Bertz CT molecular complexity index is 320. The fourth-order valence-corrected chi connectivity index (χ4v) is 1.60. The highest BCUT2D eigenvalue weighted by Gasteiger charge is 2.36. The zero-order valence-corrected chi connectivity index (χ0v) is 7.39. The van der Waals surface area contributed by atoms with Gasteiger partial charge in [0.1, 0.15) is 0 Å². The number of aryl methyl sites for hydroxylation is 1. The third-order valence-electron chi connectivity index (χ3n) is 2.59. The summed E-state index contributed by atoms with van der Waals surface area (Å²) in [7, 11) is 0. The molecule has 1 aromatic heterocycles. The van der Waals surface area contributed by atoms with Gasteiger partial charge >= 0.3 is 0 Å². The average Bonchev–Trinajstić information content (AvgIpc) is 2.45. The first-order chi connectivity index (χ1) is 5.61. The fourth-order valence-electron chi connectivity index (χ4n) is 1.60. The van der Waals surface area contributed by atoms with E-state index in [1.165, 1.54) is 0 Å². The van der Waals surface area contributed by atoms with Gasteiger partial charge in [-0.05, 0) is 18.9 Å². The zero-order valence-electron chi connectivity index (χ0n) is 7.39. The van der Waals surface area contributed by atoms with E-state index in [4.69, 9.17) is 4.42 Å². The number of carbonyl (C=O) groups is 1. The van der Waals surface area contributed by atoms with E-state index in [1.54, 1.807) is 6.26 Å². The van der Waals surface area contributed by atoms with Crippen LogP contribution in [0.1, 0.15) is 36.4 Å². The quantitative estimate of drug-likeness (QED) is 0.589. The van der Waals surface area contributed by atoms with Crippen LogP contribution >= 0.6 is 0 Å². The number of Topliss-reactive ketones (excluding diaryl/α,β-unsaturated/α-hetero) is 1. The third-order valence-corrected chi connectivity index (χ3v) is 2.59. The molecule has 0 bridgehead atoms. The van der Waals surface area contributed by atoms with Crippen molar-refractivity contribution in [1.29, 1.82) is 0 Å². The van der Waals surface area contributed by atoms with Gasteiger partial charge in [-0.15, -0.1) is 0 Å².